The van der Waals surface area contributed by atoms with Crippen molar-refractivity contribution in [1.82, 2.24) is 14.9 Å². The van der Waals surface area contributed by atoms with Gasteiger partial charge in [-0.05, 0) is 44.3 Å². The van der Waals surface area contributed by atoms with Crippen LogP contribution in [0.15, 0.2) is 48.7 Å². The highest BCUT2D eigenvalue weighted by atomic mass is 127. The van der Waals surface area contributed by atoms with Gasteiger partial charge in [-0.2, -0.15) is 4.98 Å². The Morgan fingerprint density at radius 3 is 2.41 bits per heavy atom. The highest BCUT2D eigenvalue weighted by Crippen LogP contribution is 2.28. The van der Waals surface area contributed by atoms with E-state index < -0.39 is 0 Å². The third kappa shape index (κ3) is 5.42. The summed E-state index contributed by atoms with van der Waals surface area (Å²) >= 11 is 2.34. The number of alkyl halides is 1. The van der Waals surface area contributed by atoms with Crippen molar-refractivity contribution >= 4 is 51.4 Å². The Morgan fingerprint density at radius 1 is 1.00 bits per heavy atom. The molecule has 0 saturated carbocycles. The molecule has 1 saturated heterocycles. The second-order valence-electron chi connectivity index (χ2n) is 7.97. The molecule has 0 aliphatic carbocycles. The van der Waals surface area contributed by atoms with Gasteiger partial charge in [-0.25, -0.2) is 4.98 Å². The first-order chi connectivity index (χ1) is 15.6. The highest BCUT2D eigenvalue weighted by Gasteiger charge is 2.14. The Balaban J connectivity index is 1.46. The average Bonchev–Trinajstić information content (AvgIpc) is 2.82. The van der Waals surface area contributed by atoms with Gasteiger partial charge >= 0.3 is 0 Å². The minimum absolute atomic E-state index is 0.557. The fraction of sp³-hybridized carbons (Fsp3) is 0.333. The zero-order valence-electron chi connectivity index (χ0n) is 18.7. The molecule has 0 unspecified atom stereocenters. The fourth-order valence-corrected chi connectivity index (χ4v) is 4.28. The Hall–Kier alpha value is -2.59. The number of aryl methyl sites for hydroxylation is 1. The molecule has 0 radical (unpaired) electrons. The summed E-state index contributed by atoms with van der Waals surface area (Å²) in [4.78, 5) is 13.9. The molecule has 0 amide bonds. The van der Waals surface area contributed by atoms with Gasteiger partial charge in [0.15, 0.2) is 0 Å². The number of anilines is 5. The number of methoxy groups -OCH3 is 1. The third-order valence-electron chi connectivity index (χ3n) is 5.66. The van der Waals surface area contributed by atoms with Crippen LogP contribution in [0.5, 0.6) is 5.75 Å². The Bertz CT molecular complexity index is 1050. The van der Waals surface area contributed by atoms with Crippen molar-refractivity contribution in [2.75, 3.05) is 55.9 Å². The van der Waals surface area contributed by atoms with Gasteiger partial charge in [-0.1, -0.05) is 28.7 Å². The van der Waals surface area contributed by atoms with Gasteiger partial charge in [0.05, 0.1) is 7.11 Å². The quantitative estimate of drug-likeness (QED) is 0.322. The van der Waals surface area contributed by atoms with E-state index in [0.29, 0.717) is 5.95 Å². The number of nitrogens with zero attached hydrogens (tertiary/aromatic N) is 4. The Kier molecular flexibility index (Phi) is 7.31. The lowest BCUT2D eigenvalue weighted by Gasteiger charge is -2.34. The number of hydrogen-bond donors (Lipinski definition) is 2. The van der Waals surface area contributed by atoms with E-state index >= 15 is 0 Å². The van der Waals surface area contributed by atoms with Crippen LogP contribution in [0.4, 0.5) is 28.8 Å². The number of halogens is 1. The first-order valence-corrected chi connectivity index (χ1v) is 12.2. The Morgan fingerprint density at radius 2 is 1.72 bits per heavy atom. The largest absolute Gasteiger partial charge is 0.496 e. The van der Waals surface area contributed by atoms with Gasteiger partial charge in [0.1, 0.15) is 11.6 Å². The molecule has 4 rings (SSSR count). The summed E-state index contributed by atoms with van der Waals surface area (Å²) in [5.41, 5.74) is 5.28. The first-order valence-electron chi connectivity index (χ1n) is 10.7. The van der Waals surface area contributed by atoms with Crippen LogP contribution in [-0.2, 0) is 4.43 Å². The van der Waals surface area contributed by atoms with Crippen LogP contribution in [-0.4, -0.2) is 55.2 Å². The monoisotopic (exact) mass is 544 g/mol. The molecule has 0 spiro atoms. The number of benzene rings is 2. The maximum absolute atomic E-state index is 5.51. The van der Waals surface area contributed by atoms with E-state index in [-0.39, 0.29) is 0 Å². The number of rotatable bonds is 7. The molecule has 2 heterocycles. The van der Waals surface area contributed by atoms with E-state index in [1.165, 1.54) is 11.3 Å². The molecule has 1 aromatic heterocycles. The van der Waals surface area contributed by atoms with E-state index in [1.54, 1.807) is 7.11 Å². The molecule has 1 aliphatic heterocycles. The molecule has 32 heavy (non-hydrogen) atoms. The van der Waals surface area contributed by atoms with E-state index in [1.807, 2.05) is 25.3 Å². The van der Waals surface area contributed by atoms with Crippen molar-refractivity contribution < 1.29 is 4.74 Å². The maximum Gasteiger partial charge on any atom is 0.229 e. The van der Waals surface area contributed by atoms with Crippen molar-refractivity contribution in [2.24, 2.45) is 0 Å². The minimum Gasteiger partial charge on any atom is -0.496 e. The van der Waals surface area contributed by atoms with Crippen molar-refractivity contribution in [2.45, 2.75) is 11.4 Å². The number of aromatic nitrogens is 2. The van der Waals surface area contributed by atoms with Crippen LogP contribution in [0.2, 0.25) is 0 Å². The van der Waals surface area contributed by atoms with Gasteiger partial charge in [0, 0.05) is 71.1 Å². The normalized spacial score (nSPS) is 14.3. The van der Waals surface area contributed by atoms with Crippen LogP contribution in [0, 0.1) is 6.92 Å². The van der Waals surface area contributed by atoms with Crippen molar-refractivity contribution in [1.29, 1.82) is 0 Å². The number of hydrogen-bond acceptors (Lipinski definition) is 7. The summed E-state index contributed by atoms with van der Waals surface area (Å²) in [5, 5.41) is 6.72. The smallest absolute Gasteiger partial charge is 0.229 e. The lowest BCUT2D eigenvalue weighted by molar-refractivity contribution is 0.313. The van der Waals surface area contributed by atoms with Gasteiger partial charge in [0.2, 0.25) is 5.95 Å². The SMILES string of the molecule is COc1cc(Nc2nc(Nc3ccc(N4CCN(C)CC4)cc3)ncc2C)ccc1CI. The number of piperazine rings is 1. The summed E-state index contributed by atoms with van der Waals surface area (Å²) in [6.45, 7) is 6.30. The number of nitrogens with one attached hydrogen (secondary N) is 2. The van der Waals surface area contributed by atoms with Crippen molar-refractivity contribution in [3.05, 3.63) is 59.8 Å². The second-order valence-corrected chi connectivity index (χ2v) is 8.74. The summed E-state index contributed by atoms with van der Waals surface area (Å²) in [7, 11) is 3.87. The van der Waals surface area contributed by atoms with E-state index in [0.717, 1.165) is 59.1 Å². The number of likely N-dealkylation sites (N-methyl/N-ethyl adjacent to an activating group) is 1. The fourth-order valence-electron chi connectivity index (χ4n) is 3.65. The third-order valence-corrected chi connectivity index (χ3v) is 6.48. The standard InChI is InChI=1S/C24H29IN6O/c1-17-16-26-24(29-23(17)27-20-5-4-18(15-25)22(14-20)32-3)28-19-6-8-21(9-7-19)31-12-10-30(2)11-13-31/h4-9,14,16H,10-13,15H2,1-3H3,(H2,26,27,28,29). The van der Waals surface area contributed by atoms with Gasteiger partial charge in [-0.15, -0.1) is 0 Å². The topological polar surface area (TPSA) is 65.6 Å². The lowest BCUT2D eigenvalue weighted by atomic mass is 10.2. The summed E-state index contributed by atoms with van der Waals surface area (Å²) in [5.74, 6) is 2.19. The minimum atomic E-state index is 0.557. The average molecular weight is 544 g/mol. The van der Waals surface area contributed by atoms with Crippen molar-refractivity contribution in [3.63, 3.8) is 0 Å². The van der Waals surface area contributed by atoms with Crippen LogP contribution in [0.25, 0.3) is 0 Å². The molecule has 8 heteroatoms. The molecular weight excluding hydrogens is 515 g/mol. The van der Waals surface area contributed by atoms with Crippen LogP contribution in [0.1, 0.15) is 11.1 Å². The molecule has 1 aliphatic rings. The van der Waals surface area contributed by atoms with Crippen LogP contribution < -0.4 is 20.3 Å². The van der Waals surface area contributed by atoms with E-state index in [9.17, 15) is 0 Å². The van der Waals surface area contributed by atoms with Crippen molar-refractivity contribution in [3.8, 4) is 5.75 Å². The maximum atomic E-state index is 5.51. The van der Waals surface area contributed by atoms with E-state index in [4.69, 9.17) is 4.74 Å². The predicted octanol–water partition coefficient (Wildman–Crippen LogP) is 4.97. The molecule has 0 bridgehead atoms. The predicted molar refractivity (Wildman–Crippen MR) is 140 cm³/mol. The first kappa shape index (κ1) is 22.6. The van der Waals surface area contributed by atoms with Gasteiger partial charge in [0.25, 0.3) is 0 Å². The lowest BCUT2D eigenvalue weighted by Crippen LogP contribution is -2.44. The van der Waals surface area contributed by atoms with Gasteiger partial charge < -0.3 is 25.2 Å². The molecular formula is C24H29IN6O. The summed E-state index contributed by atoms with van der Waals surface area (Å²) < 4.78 is 6.41. The van der Waals surface area contributed by atoms with Crippen LogP contribution >= 0.6 is 22.6 Å². The zero-order chi connectivity index (χ0) is 22.5. The van der Waals surface area contributed by atoms with Crippen LogP contribution in [0.3, 0.4) is 0 Å². The molecule has 1 fully saturated rings. The summed E-state index contributed by atoms with van der Waals surface area (Å²) in [6.07, 6.45) is 1.83. The van der Waals surface area contributed by atoms with Gasteiger partial charge in [-0.3, -0.25) is 0 Å². The molecule has 2 aromatic carbocycles. The molecule has 2 N–H and O–H groups in total. The number of ether oxygens (including phenoxy) is 1. The molecule has 0 atom stereocenters. The highest BCUT2D eigenvalue weighted by molar-refractivity contribution is 14.1. The van der Waals surface area contributed by atoms with E-state index in [2.05, 4.69) is 90.4 Å². The summed E-state index contributed by atoms with van der Waals surface area (Å²) in [6, 6.07) is 14.6. The molecule has 168 valence electrons. The molecule has 7 nitrogen and oxygen atoms in total. The Labute approximate surface area is 203 Å². The molecule has 3 aromatic rings. The zero-order valence-corrected chi connectivity index (χ0v) is 20.9. The second kappa shape index (κ2) is 10.4.